The molecule has 1 N–H and O–H groups in total. The SMILES string of the molecule is CCCNc1ccc(Cl)c(CN2CC(C)OCC2CC)n1. The zero-order valence-electron chi connectivity index (χ0n) is 13.2. The van der Waals surface area contributed by atoms with E-state index >= 15 is 0 Å². The molecule has 0 aliphatic carbocycles. The molecule has 2 heterocycles. The van der Waals surface area contributed by atoms with Crippen molar-refractivity contribution < 1.29 is 4.74 Å². The fraction of sp³-hybridized carbons (Fsp3) is 0.688. The van der Waals surface area contributed by atoms with Gasteiger partial charge in [-0.05, 0) is 31.9 Å². The van der Waals surface area contributed by atoms with Crippen LogP contribution in [0.4, 0.5) is 5.82 Å². The maximum absolute atomic E-state index is 6.33. The van der Waals surface area contributed by atoms with Crippen LogP contribution >= 0.6 is 11.6 Å². The second kappa shape index (κ2) is 7.97. The van der Waals surface area contributed by atoms with E-state index in [1.807, 2.05) is 12.1 Å². The molecule has 0 aromatic carbocycles. The maximum Gasteiger partial charge on any atom is 0.126 e. The first kappa shape index (κ1) is 16.5. The minimum atomic E-state index is 0.271. The highest BCUT2D eigenvalue weighted by atomic mass is 35.5. The van der Waals surface area contributed by atoms with Crippen LogP contribution in [0.1, 0.15) is 39.3 Å². The number of anilines is 1. The van der Waals surface area contributed by atoms with Crippen LogP contribution < -0.4 is 5.32 Å². The lowest BCUT2D eigenvalue weighted by Crippen LogP contribution is -2.48. The van der Waals surface area contributed by atoms with Gasteiger partial charge in [-0.3, -0.25) is 4.90 Å². The van der Waals surface area contributed by atoms with Crippen molar-refractivity contribution in [3.05, 3.63) is 22.8 Å². The number of morpholine rings is 1. The highest BCUT2D eigenvalue weighted by molar-refractivity contribution is 6.31. The molecule has 0 amide bonds. The molecule has 5 heteroatoms. The summed E-state index contributed by atoms with van der Waals surface area (Å²) in [6, 6.07) is 4.33. The fourth-order valence-corrected chi connectivity index (χ4v) is 2.79. The topological polar surface area (TPSA) is 37.4 Å². The van der Waals surface area contributed by atoms with Crippen molar-refractivity contribution in [3.63, 3.8) is 0 Å². The van der Waals surface area contributed by atoms with E-state index in [2.05, 4.69) is 36.0 Å². The molecule has 0 saturated carbocycles. The Morgan fingerprint density at radius 2 is 2.24 bits per heavy atom. The maximum atomic E-state index is 6.33. The third kappa shape index (κ3) is 4.56. The van der Waals surface area contributed by atoms with Crippen LogP contribution in [0.3, 0.4) is 0 Å². The van der Waals surface area contributed by atoms with Crippen LogP contribution in [0.2, 0.25) is 5.02 Å². The Hall–Kier alpha value is -0.840. The van der Waals surface area contributed by atoms with Gasteiger partial charge >= 0.3 is 0 Å². The molecule has 0 spiro atoms. The lowest BCUT2D eigenvalue weighted by molar-refractivity contribution is -0.0595. The molecule has 2 unspecified atom stereocenters. The zero-order chi connectivity index (χ0) is 15.2. The fourth-order valence-electron chi connectivity index (χ4n) is 2.62. The van der Waals surface area contributed by atoms with Crippen molar-refractivity contribution in [2.75, 3.05) is 25.0 Å². The van der Waals surface area contributed by atoms with Crippen molar-refractivity contribution in [2.45, 2.75) is 52.3 Å². The summed E-state index contributed by atoms with van der Waals surface area (Å²) in [6.07, 6.45) is 2.43. The van der Waals surface area contributed by atoms with Gasteiger partial charge in [0.05, 0.1) is 23.4 Å². The smallest absolute Gasteiger partial charge is 0.126 e. The van der Waals surface area contributed by atoms with Gasteiger partial charge in [0.1, 0.15) is 5.82 Å². The van der Waals surface area contributed by atoms with E-state index in [-0.39, 0.29) is 6.10 Å². The van der Waals surface area contributed by atoms with Crippen molar-refractivity contribution in [1.82, 2.24) is 9.88 Å². The van der Waals surface area contributed by atoms with Gasteiger partial charge in [0.25, 0.3) is 0 Å². The third-order valence-corrected chi connectivity index (χ3v) is 4.22. The first-order valence-electron chi connectivity index (χ1n) is 7.89. The zero-order valence-corrected chi connectivity index (χ0v) is 14.0. The highest BCUT2D eigenvalue weighted by Gasteiger charge is 2.26. The summed E-state index contributed by atoms with van der Waals surface area (Å²) in [5.41, 5.74) is 0.949. The quantitative estimate of drug-likeness (QED) is 0.871. The molecule has 118 valence electrons. The predicted molar refractivity (Wildman–Crippen MR) is 87.9 cm³/mol. The van der Waals surface area contributed by atoms with Crippen LogP contribution in [0.5, 0.6) is 0 Å². The molecule has 2 rings (SSSR count). The molecular weight excluding hydrogens is 286 g/mol. The predicted octanol–water partition coefficient (Wildman–Crippen LogP) is 3.56. The molecule has 1 aliphatic heterocycles. The molecule has 1 saturated heterocycles. The van der Waals surface area contributed by atoms with E-state index in [9.17, 15) is 0 Å². The molecule has 0 radical (unpaired) electrons. The van der Waals surface area contributed by atoms with Gasteiger partial charge in [-0.2, -0.15) is 0 Å². The number of halogens is 1. The molecule has 1 aliphatic rings. The van der Waals surface area contributed by atoms with Crippen molar-refractivity contribution >= 4 is 17.4 Å². The Balaban J connectivity index is 2.09. The second-order valence-electron chi connectivity index (χ2n) is 5.69. The largest absolute Gasteiger partial charge is 0.376 e. The van der Waals surface area contributed by atoms with E-state index in [1.165, 1.54) is 0 Å². The Morgan fingerprint density at radius 3 is 2.95 bits per heavy atom. The third-order valence-electron chi connectivity index (χ3n) is 3.88. The van der Waals surface area contributed by atoms with Gasteiger partial charge in [0.15, 0.2) is 0 Å². The summed E-state index contributed by atoms with van der Waals surface area (Å²) < 4.78 is 5.75. The second-order valence-corrected chi connectivity index (χ2v) is 6.09. The monoisotopic (exact) mass is 311 g/mol. The summed E-state index contributed by atoms with van der Waals surface area (Å²) >= 11 is 6.33. The van der Waals surface area contributed by atoms with Crippen molar-refractivity contribution in [3.8, 4) is 0 Å². The van der Waals surface area contributed by atoms with Gasteiger partial charge in [-0.1, -0.05) is 25.4 Å². The Bertz CT molecular complexity index is 455. The molecule has 0 bridgehead atoms. The van der Waals surface area contributed by atoms with Gasteiger partial charge in [0, 0.05) is 25.7 Å². The first-order chi connectivity index (χ1) is 10.1. The van der Waals surface area contributed by atoms with Gasteiger partial charge in [-0.15, -0.1) is 0 Å². The van der Waals surface area contributed by atoms with Gasteiger partial charge < -0.3 is 10.1 Å². The summed E-state index contributed by atoms with van der Waals surface area (Å²) in [7, 11) is 0. The van der Waals surface area contributed by atoms with Crippen LogP contribution in [-0.4, -0.2) is 41.7 Å². The van der Waals surface area contributed by atoms with Crippen LogP contribution in [0, 0.1) is 0 Å². The molecule has 1 aromatic heterocycles. The summed E-state index contributed by atoms with van der Waals surface area (Å²) in [5.74, 6) is 0.908. The van der Waals surface area contributed by atoms with Gasteiger partial charge in [-0.25, -0.2) is 4.98 Å². The molecular formula is C16H26ClN3O. The number of aromatic nitrogens is 1. The van der Waals surface area contributed by atoms with Crippen LogP contribution in [-0.2, 0) is 11.3 Å². The van der Waals surface area contributed by atoms with E-state index in [4.69, 9.17) is 16.3 Å². The average Bonchev–Trinajstić information content (AvgIpc) is 2.48. The van der Waals surface area contributed by atoms with Gasteiger partial charge in [0.2, 0.25) is 0 Å². The number of ether oxygens (including phenoxy) is 1. The summed E-state index contributed by atoms with van der Waals surface area (Å²) in [5, 5.41) is 4.06. The van der Waals surface area contributed by atoms with E-state index in [0.29, 0.717) is 6.04 Å². The normalized spacial score (nSPS) is 23.2. The molecule has 2 atom stereocenters. The van der Waals surface area contributed by atoms with E-state index in [0.717, 1.165) is 55.6 Å². The van der Waals surface area contributed by atoms with Crippen LogP contribution in [0.15, 0.2) is 12.1 Å². The number of nitrogens with zero attached hydrogens (tertiary/aromatic N) is 2. The minimum Gasteiger partial charge on any atom is -0.376 e. The Kier molecular flexibility index (Phi) is 6.27. The first-order valence-corrected chi connectivity index (χ1v) is 8.26. The molecule has 4 nitrogen and oxygen atoms in total. The van der Waals surface area contributed by atoms with E-state index < -0.39 is 0 Å². The molecule has 21 heavy (non-hydrogen) atoms. The summed E-state index contributed by atoms with van der Waals surface area (Å²) in [4.78, 5) is 7.11. The molecule has 1 aromatic rings. The average molecular weight is 312 g/mol. The highest BCUT2D eigenvalue weighted by Crippen LogP contribution is 2.22. The Morgan fingerprint density at radius 1 is 1.43 bits per heavy atom. The minimum absolute atomic E-state index is 0.271. The number of hydrogen-bond acceptors (Lipinski definition) is 4. The Labute approximate surface area is 132 Å². The lowest BCUT2D eigenvalue weighted by atomic mass is 10.1. The van der Waals surface area contributed by atoms with Crippen molar-refractivity contribution in [2.24, 2.45) is 0 Å². The van der Waals surface area contributed by atoms with Crippen molar-refractivity contribution in [1.29, 1.82) is 0 Å². The number of nitrogens with one attached hydrogen (secondary N) is 1. The summed E-state index contributed by atoms with van der Waals surface area (Å²) in [6.45, 7) is 9.91. The van der Waals surface area contributed by atoms with E-state index in [1.54, 1.807) is 0 Å². The lowest BCUT2D eigenvalue weighted by Gasteiger charge is -2.38. The standard InChI is InChI=1S/C16H26ClN3O/c1-4-8-18-16-7-6-14(17)15(19-16)10-20-9-12(3)21-11-13(20)5-2/h6-7,12-13H,4-5,8-11H2,1-3H3,(H,18,19). The number of rotatable bonds is 6. The van der Waals surface area contributed by atoms with Crippen LogP contribution in [0.25, 0.3) is 0 Å². The number of hydrogen-bond donors (Lipinski definition) is 1. The molecule has 1 fully saturated rings. The number of pyridine rings is 1.